The number of anilines is 1. The van der Waals surface area contributed by atoms with Crippen LogP contribution in [0.25, 0.3) is 0 Å². The minimum Gasteiger partial charge on any atom is -0.326 e. The van der Waals surface area contributed by atoms with Crippen molar-refractivity contribution in [3.63, 3.8) is 0 Å². The maximum absolute atomic E-state index is 13.8. The average Bonchev–Trinajstić information content (AvgIpc) is 2.37. The number of nitrogens with two attached hydrogens (primary N) is 1. The lowest BCUT2D eigenvalue weighted by Gasteiger charge is -2.10. The second-order valence-electron chi connectivity index (χ2n) is 4.44. The third-order valence-electron chi connectivity index (χ3n) is 2.79. The molecule has 0 aromatic heterocycles. The van der Waals surface area contributed by atoms with Gasteiger partial charge in [-0.05, 0) is 42.3 Å². The van der Waals surface area contributed by atoms with Crippen LogP contribution in [-0.4, -0.2) is 8.42 Å². The molecule has 0 unspecified atom stereocenters. The van der Waals surface area contributed by atoms with Crippen molar-refractivity contribution < 1.29 is 12.8 Å². The van der Waals surface area contributed by atoms with E-state index in [9.17, 15) is 12.8 Å². The summed E-state index contributed by atoms with van der Waals surface area (Å²) in [5.74, 6) is -0.812. The Labute approximate surface area is 117 Å². The highest BCUT2D eigenvalue weighted by Gasteiger charge is 2.19. The molecule has 4 nitrogen and oxygen atoms in total. The van der Waals surface area contributed by atoms with Crippen LogP contribution < -0.4 is 10.5 Å². The Balaban J connectivity index is 2.36. The number of halogens is 1. The first-order valence-corrected chi connectivity index (χ1v) is 7.48. The van der Waals surface area contributed by atoms with E-state index in [1.54, 1.807) is 18.2 Å². The largest absolute Gasteiger partial charge is 0.326 e. The predicted molar refractivity (Wildman–Crippen MR) is 76.3 cm³/mol. The van der Waals surface area contributed by atoms with Crippen molar-refractivity contribution in [1.29, 1.82) is 0 Å². The Kier molecular flexibility index (Phi) is 4.06. The fourth-order valence-corrected chi connectivity index (χ4v) is 2.92. The minimum atomic E-state index is -3.95. The number of nitrogens with one attached hydrogen (secondary N) is 1. The van der Waals surface area contributed by atoms with Crippen molar-refractivity contribution in [2.45, 2.75) is 18.4 Å². The summed E-state index contributed by atoms with van der Waals surface area (Å²) in [6.07, 6.45) is 0. The van der Waals surface area contributed by atoms with Crippen LogP contribution in [0, 0.1) is 12.7 Å². The molecule has 106 valence electrons. The van der Waals surface area contributed by atoms with Gasteiger partial charge in [-0.1, -0.05) is 18.2 Å². The molecule has 0 bridgehead atoms. The van der Waals surface area contributed by atoms with Crippen LogP contribution >= 0.6 is 0 Å². The highest BCUT2D eigenvalue weighted by Crippen LogP contribution is 2.20. The van der Waals surface area contributed by atoms with Crippen LogP contribution in [0.1, 0.15) is 11.1 Å². The number of sulfonamides is 1. The molecule has 6 heteroatoms. The Morgan fingerprint density at radius 3 is 2.55 bits per heavy atom. The summed E-state index contributed by atoms with van der Waals surface area (Å²) in [4.78, 5) is -0.392. The minimum absolute atomic E-state index is 0.155. The van der Waals surface area contributed by atoms with Crippen LogP contribution in [-0.2, 0) is 16.6 Å². The Hall–Kier alpha value is -1.92. The highest BCUT2D eigenvalue weighted by molar-refractivity contribution is 7.92. The zero-order valence-corrected chi connectivity index (χ0v) is 11.7. The van der Waals surface area contributed by atoms with Gasteiger partial charge in [0.1, 0.15) is 10.7 Å². The van der Waals surface area contributed by atoms with Crippen molar-refractivity contribution >= 4 is 15.7 Å². The lowest BCUT2D eigenvalue weighted by Crippen LogP contribution is -2.15. The van der Waals surface area contributed by atoms with E-state index in [1.807, 2.05) is 13.0 Å². The zero-order chi connectivity index (χ0) is 14.8. The summed E-state index contributed by atoms with van der Waals surface area (Å²) >= 11 is 0. The van der Waals surface area contributed by atoms with Crippen LogP contribution in [0.4, 0.5) is 10.1 Å². The first-order chi connectivity index (χ1) is 9.42. The number of rotatable bonds is 4. The van der Waals surface area contributed by atoms with E-state index in [0.717, 1.165) is 11.6 Å². The molecule has 3 N–H and O–H groups in total. The first kappa shape index (κ1) is 14.5. The van der Waals surface area contributed by atoms with Gasteiger partial charge in [-0.2, -0.15) is 0 Å². The van der Waals surface area contributed by atoms with E-state index >= 15 is 0 Å². The number of benzene rings is 2. The van der Waals surface area contributed by atoms with Gasteiger partial charge in [0, 0.05) is 12.2 Å². The molecule has 20 heavy (non-hydrogen) atoms. The summed E-state index contributed by atoms with van der Waals surface area (Å²) in [5, 5.41) is 0. The second kappa shape index (κ2) is 5.60. The van der Waals surface area contributed by atoms with Crippen LogP contribution in [0.5, 0.6) is 0 Å². The monoisotopic (exact) mass is 294 g/mol. The first-order valence-electron chi connectivity index (χ1n) is 6.00. The molecule has 2 aromatic rings. The van der Waals surface area contributed by atoms with E-state index in [1.165, 1.54) is 12.1 Å². The molecule has 0 amide bonds. The number of aryl methyl sites for hydroxylation is 1. The van der Waals surface area contributed by atoms with Crippen LogP contribution in [0.2, 0.25) is 0 Å². The van der Waals surface area contributed by atoms with Crippen LogP contribution in [0.3, 0.4) is 0 Å². The van der Waals surface area contributed by atoms with E-state index < -0.39 is 20.7 Å². The third-order valence-corrected chi connectivity index (χ3v) is 4.21. The summed E-state index contributed by atoms with van der Waals surface area (Å²) in [7, 11) is -3.95. The van der Waals surface area contributed by atoms with Crippen molar-refractivity contribution in [3.05, 3.63) is 59.4 Å². The SMILES string of the molecule is Cc1cccc(NS(=O)(=O)c2ccc(CN)cc2F)c1. The third kappa shape index (κ3) is 3.15. The van der Waals surface area contributed by atoms with E-state index in [-0.39, 0.29) is 6.54 Å². The molecule has 0 fully saturated rings. The maximum Gasteiger partial charge on any atom is 0.264 e. The van der Waals surface area contributed by atoms with Gasteiger partial charge in [-0.15, -0.1) is 0 Å². The topological polar surface area (TPSA) is 72.2 Å². The van der Waals surface area contributed by atoms with E-state index in [4.69, 9.17) is 5.73 Å². The van der Waals surface area contributed by atoms with Crippen molar-refractivity contribution in [3.8, 4) is 0 Å². The van der Waals surface area contributed by atoms with Gasteiger partial charge in [0.15, 0.2) is 0 Å². The molecule has 0 saturated carbocycles. The van der Waals surface area contributed by atoms with Crippen LogP contribution in [0.15, 0.2) is 47.4 Å². The van der Waals surface area contributed by atoms with Gasteiger partial charge in [0.05, 0.1) is 0 Å². The normalized spacial score (nSPS) is 11.3. The second-order valence-corrected chi connectivity index (χ2v) is 6.09. The van der Waals surface area contributed by atoms with Crippen molar-refractivity contribution in [1.82, 2.24) is 0 Å². The van der Waals surface area contributed by atoms with E-state index in [2.05, 4.69) is 4.72 Å². The maximum atomic E-state index is 13.8. The predicted octanol–water partition coefficient (Wildman–Crippen LogP) is 2.39. The molecular formula is C14H15FN2O2S. The molecule has 0 aliphatic heterocycles. The van der Waals surface area contributed by atoms with Gasteiger partial charge in [-0.25, -0.2) is 12.8 Å². The quantitative estimate of drug-likeness (QED) is 0.909. The molecule has 0 radical (unpaired) electrons. The van der Waals surface area contributed by atoms with Gasteiger partial charge < -0.3 is 5.73 Å². The Bertz CT molecular complexity index is 730. The van der Waals surface area contributed by atoms with Gasteiger partial charge in [0.2, 0.25) is 0 Å². The molecule has 0 heterocycles. The smallest absolute Gasteiger partial charge is 0.264 e. The summed E-state index contributed by atoms with van der Waals surface area (Å²) < 4.78 is 40.5. The lowest BCUT2D eigenvalue weighted by atomic mass is 10.2. The average molecular weight is 294 g/mol. The molecule has 2 rings (SSSR count). The fraction of sp³-hybridized carbons (Fsp3) is 0.143. The molecular weight excluding hydrogens is 279 g/mol. The van der Waals surface area contributed by atoms with Crippen molar-refractivity contribution in [2.75, 3.05) is 4.72 Å². The van der Waals surface area contributed by atoms with Gasteiger partial charge in [0.25, 0.3) is 10.0 Å². The fourth-order valence-electron chi connectivity index (χ4n) is 1.81. The van der Waals surface area contributed by atoms with Crippen molar-refractivity contribution in [2.24, 2.45) is 5.73 Å². The molecule has 0 aliphatic carbocycles. The summed E-state index contributed by atoms with van der Waals surface area (Å²) in [6.45, 7) is 2.00. The molecule has 0 spiro atoms. The number of hydrogen-bond acceptors (Lipinski definition) is 3. The lowest BCUT2D eigenvalue weighted by molar-refractivity contribution is 0.569. The summed E-state index contributed by atoms with van der Waals surface area (Å²) in [5.41, 5.74) is 7.23. The molecule has 0 aliphatic rings. The standard InChI is InChI=1S/C14H15FN2O2S/c1-10-3-2-4-12(7-10)17-20(18,19)14-6-5-11(9-16)8-13(14)15/h2-8,17H,9,16H2,1H3. The number of hydrogen-bond donors (Lipinski definition) is 2. The van der Waals surface area contributed by atoms with Gasteiger partial charge in [-0.3, -0.25) is 4.72 Å². The molecule has 2 aromatic carbocycles. The summed E-state index contributed by atoms with van der Waals surface area (Å²) in [6, 6.07) is 10.7. The highest BCUT2D eigenvalue weighted by atomic mass is 32.2. The van der Waals surface area contributed by atoms with Gasteiger partial charge >= 0.3 is 0 Å². The zero-order valence-electron chi connectivity index (χ0n) is 10.9. The molecule has 0 saturated heterocycles. The van der Waals surface area contributed by atoms with E-state index in [0.29, 0.717) is 11.3 Å². The molecule has 0 atom stereocenters. The Morgan fingerprint density at radius 2 is 1.95 bits per heavy atom. The Morgan fingerprint density at radius 1 is 1.20 bits per heavy atom.